The van der Waals surface area contributed by atoms with E-state index in [0.29, 0.717) is 57.3 Å². The molecule has 0 fully saturated rings. The first-order valence-corrected chi connectivity index (χ1v) is 45.8. The Morgan fingerprint density at radius 2 is 0.456 bits per heavy atom. The molecule has 0 aliphatic heterocycles. The second-order valence-electron chi connectivity index (χ2n) is 32.4. The molecule has 15 rings (SSSR count). The van der Waals surface area contributed by atoms with Crippen LogP contribution in [0.3, 0.4) is 0 Å². The molecule has 0 atom stereocenters. The van der Waals surface area contributed by atoms with E-state index < -0.39 is 345 Å². The zero-order valence-electron chi connectivity index (χ0n) is 73.2. The Hall–Kier alpha value is -16.5. The minimum atomic E-state index is -11.2. The molecule has 12 nitrogen and oxygen atoms in total. The number of hydrogen-bond acceptors (Lipinski definition) is 8. The molecule has 0 unspecified atom stereocenters. The predicted octanol–water partition coefficient (Wildman–Crippen LogP) is 29.2. The van der Waals surface area contributed by atoms with E-state index in [2.05, 4.69) is 29.1 Å². The van der Waals surface area contributed by atoms with E-state index in [1.165, 1.54) is 55.5 Å². The summed E-state index contributed by atoms with van der Waals surface area (Å²) in [6, 6.07) is 17.8. The topological polar surface area (TPSA) is 169 Å². The van der Waals surface area contributed by atoms with Gasteiger partial charge in [-0.3, -0.25) is 0 Å². The van der Waals surface area contributed by atoms with Gasteiger partial charge >= 0.3 is 67.5 Å². The van der Waals surface area contributed by atoms with Crippen molar-refractivity contribution in [3.63, 3.8) is 0 Å². The largest absolute Gasteiger partial charge is 0.523 e. The van der Waals surface area contributed by atoms with Gasteiger partial charge in [0.2, 0.25) is 0 Å². The second-order valence-corrected chi connectivity index (χ2v) is 39.2. The molecular weight excluding hydrogens is 2140 g/mol. The third-order valence-electron chi connectivity index (χ3n) is 23.9. The van der Waals surface area contributed by atoms with Gasteiger partial charge in [0, 0.05) is 19.3 Å². The highest BCUT2D eigenvalue weighted by atomic mass is 32.5. The van der Waals surface area contributed by atoms with Crippen molar-refractivity contribution in [3.05, 3.63) is 356 Å². The first-order chi connectivity index (χ1) is 68.7. The molecule has 0 N–H and O–H groups in total. The second kappa shape index (κ2) is 36.5. The minimum absolute atomic E-state index is 0.0526. The lowest BCUT2D eigenvalue weighted by Gasteiger charge is -2.40. The monoisotopic (exact) mass is 2170 g/mol. The normalized spacial score (nSPS) is 14.9. The van der Waals surface area contributed by atoms with Gasteiger partial charge in [-0.15, -0.1) is 0 Å². The SMILES string of the molecule is [C-]#[N+]C([N+]#[C-])=C1Cc2c(-c3cc(F)c(S(F)(F)(F)(F)F)c(F)c3)c3c(c(-c4cc(F)c(S(F)(F)(F)(F)F)c(F)c4)c2=C1C)CC(=C(C#N)C#N)C=3C(F)(F)F.[C-]#[N+]C([N+]#[C-])=C1Cc2c(-c3cc(F)c(SC(F)(F)F)c(F)c3)c3c(c(-c4cc(F)c(SC(F)(F)F)c(F)c4)c2=C1C)CC(=C(C#N)C#N)C=3C(F)(F)F.[C-]#[N+]C([N+]#[C-])=C1Cc2c(-c3ccc(F)cc3)c3c(c(-c4ccc(F)cc4)c2=C1C)CC(=C(C#N)C#N)C=3C(F)(F)F. The number of fused-ring (bicyclic) bond motifs is 6. The minimum Gasteiger partial charge on any atom is -0.207 e. The van der Waals surface area contributed by atoms with Gasteiger partial charge in [0.1, 0.15) is 151 Å². The third-order valence-corrected chi connectivity index (χ3v) is 27.8. The summed E-state index contributed by atoms with van der Waals surface area (Å²) in [5, 5.41) is 54.2. The molecule has 0 heterocycles. The van der Waals surface area contributed by atoms with Crippen LogP contribution in [0, 0.1) is 166 Å². The molecule has 9 aromatic rings. The molecule has 51 heteroatoms. The summed E-state index contributed by atoms with van der Waals surface area (Å²) < 4.78 is 500. The standard InChI is InChI=1S/C34H11F13N4S2.C32H11F17N4S2.C32H15F5N4/c1-12-16(31(50-2)51-3)8-18-24(12)25(13-4-20(35)29(21(36)5-13)52-33(42,43)44)19-9-17(15(10-48)11-49)28(32(39,40)41)27(19)26(18)14-6-22(37)30(23(38)7-14)53-34(45,46)47;1-12-16(31(52-2)53-3)8-18-24(12)25(13-4-20(33)29(21(34)5-13)54(40,41,42,43)44)19-9-17(15(10-50)11-51)28(32(37,38)39)27(19)26(18)14-6-22(35)30(23(36)7-14)55(45,46,47,48)49;1-16-22(31(40-2)41-3)12-24-26(16)27(17-4-8-20(33)9-5-17)25-13-23(19(14-38)15-39)30(32(35,36)37)29(25)28(24)18-6-10-21(34)11-7-18/h4-7H,8-9H2,1H3;4-7H,8-9H2,1H3;4-11H,12-13H2,1H3. The molecule has 0 bridgehead atoms. The molecule has 0 radical (unpaired) electrons. The molecule has 9 aromatic carbocycles. The van der Waals surface area contributed by atoms with Crippen molar-refractivity contribution in [1.82, 2.24) is 0 Å². The highest BCUT2D eigenvalue weighted by Crippen LogP contribution is 3.03. The van der Waals surface area contributed by atoms with Crippen LogP contribution in [0.4, 0.5) is 149 Å². The van der Waals surface area contributed by atoms with Crippen LogP contribution in [0.5, 0.6) is 0 Å². The molecule has 149 heavy (non-hydrogen) atoms. The molecule has 0 saturated carbocycles. The van der Waals surface area contributed by atoms with E-state index in [1.54, 1.807) is 19.1 Å². The zero-order chi connectivity index (χ0) is 111. The van der Waals surface area contributed by atoms with E-state index in [-0.39, 0.29) is 68.2 Å². The van der Waals surface area contributed by atoms with Crippen LogP contribution in [0.1, 0.15) is 54.2 Å². The number of alkyl halides is 15. The molecule has 0 aromatic heterocycles. The third kappa shape index (κ3) is 20.1. The summed E-state index contributed by atoms with van der Waals surface area (Å²) in [7, 11) is -22.4. The smallest absolute Gasteiger partial charge is 0.207 e. The van der Waals surface area contributed by atoms with Crippen molar-refractivity contribution in [3.8, 4) is 103 Å². The summed E-state index contributed by atoms with van der Waals surface area (Å²) >= 11 is -2.36. The summed E-state index contributed by atoms with van der Waals surface area (Å²) in [5.74, 6) is -22.5. The van der Waals surface area contributed by atoms with Gasteiger partial charge in [-0.05, 0) is 301 Å². The Morgan fingerprint density at radius 1 is 0.275 bits per heavy atom. The van der Waals surface area contributed by atoms with Crippen molar-refractivity contribution < 1.29 is 149 Å². The fourth-order valence-corrected chi connectivity index (χ4v) is 21.5. The number of allylic oxidation sites excluding steroid dienone is 9. The van der Waals surface area contributed by atoms with Gasteiger partial charge in [-0.2, -0.15) is 126 Å². The lowest BCUT2D eigenvalue weighted by molar-refractivity contribution is -0.0704. The number of halogens is 35. The first kappa shape index (κ1) is 110. The van der Waals surface area contributed by atoms with Crippen LogP contribution >= 0.6 is 44.0 Å². The highest BCUT2D eigenvalue weighted by Gasteiger charge is 2.70. The zero-order valence-corrected chi connectivity index (χ0v) is 76.5. The van der Waals surface area contributed by atoms with E-state index in [4.69, 9.17) is 39.4 Å². The molecule has 758 valence electrons. The maximum absolute atomic E-state index is 15.3. The molecule has 6 aliphatic rings. The van der Waals surface area contributed by atoms with Gasteiger partial charge in [-0.1, -0.05) is 63.1 Å². The van der Waals surface area contributed by atoms with Gasteiger partial charge in [-0.25, -0.2) is 43.9 Å². The maximum atomic E-state index is 15.3. The van der Waals surface area contributed by atoms with Crippen LogP contribution in [-0.2, 0) is 38.5 Å². The van der Waals surface area contributed by atoms with Gasteiger partial charge in [0.05, 0.1) is 43.2 Å². The Kier molecular flexibility index (Phi) is 26.9. The molecular formula is C98H37F35N12S4. The van der Waals surface area contributed by atoms with Crippen molar-refractivity contribution in [2.75, 3.05) is 0 Å². The Balaban J connectivity index is 0.000000188. The van der Waals surface area contributed by atoms with Crippen molar-refractivity contribution in [1.29, 1.82) is 31.6 Å². The fourth-order valence-electron chi connectivity index (χ4n) is 18.7. The van der Waals surface area contributed by atoms with Crippen LogP contribution in [0.25, 0.3) is 129 Å². The van der Waals surface area contributed by atoms with E-state index in [1.807, 2.05) is 0 Å². The average Bonchev–Trinajstić information content (AvgIpc) is 1.62. The predicted molar refractivity (Wildman–Crippen MR) is 469 cm³/mol. The van der Waals surface area contributed by atoms with Crippen LogP contribution in [-0.4, -0.2) is 29.5 Å². The summed E-state index contributed by atoms with van der Waals surface area (Å²) in [4.78, 5) is 8.21. The Morgan fingerprint density at radius 3 is 0.644 bits per heavy atom. The van der Waals surface area contributed by atoms with Gasteiger partial charge < -0.3 is 0 Å². The quantitative estimate of drug-likeness (QED) is 0.0564. The molecule has 6 aliphatic carbocycles. The summed E-state index contributed by atoms with van der Waals surface area (Å²) in [6.07, 6.45) is -20.8. The Labute approximate surface area is 821 Å². The maximum Gasteiger partial charge on any atom is 0.523 e. The van der Waals surface area contributed by atoms with E-state index in [9.17, 15) is 119 Å². The fraction of sp³-hybridized carbons (Fsp3) is 0.143. The van der Waals surface area contributed by atoms with Crippen molar-refractivity contribution in [2.24, 2.45) is 0 Å². The highest BCUT2D eigenvalue weighted by molar-refractivity contribution is 8.46. The number of thioether (sulfide) groups is 2. The number of hydrogen-bond donors (Lipinski definition) is 0. The van der Waals surface area contributed by atoms with E-state index >= 15 is 61.5 Å². The summed E-state index contributed by atoms with van der Waals surface area (Å²) in [6.45, 7) is 48.5. The van der Waals surface area contributed by atoms with E-state index in [0.717, 1.165) is 31.2 Å². The van der Waals surface area contributed by atoms with Crippen LogP contribution < -0.4 is 31.3 Å². The molecule has 0 spiro atoms. The molecule has 0 amide bonds. The number of benzene rings is 9. The average molecular weight is 2180 g/mol. The lowest BCUT2D eigenvalue weighted by Crippen LogP contribution is -2.27. The first-order valence-electron chi connectivity index (χ1n) is 40.3. The Bertz CT molecular complexity index is 8720. The summed E-state index contributed by atoms with van der Waals surface area (Å²) in [5.41, 5.74) is -30.4. The van der Waals surface area contributed by atoms with Crippen LogP contribution in [0.15, 0.2) is 184 Å². The van der Waals surface area contributed by atoms with Crippen molar-refractivity contribution >= 4 is 77.4 Å². The number of nitriles is 6. The van der Waals surface area contributed by atoms with Crippen molar-refractivity contribution in [2.45, 2.75) is 108 Å². The van der Waals surface area contributed by atoms with Gasteiger partial charge in [0.25, 0.3) is 0 Å². The molecule has 0 saturated heterocycles. The number of rotatable bonds is 10. The van der Waals surface area contributed by atoms with Gasteiger partial charge in [0.15, 0.2) is 9.79 Å². The van der Waals surface area contributed by atoms with Crippen LogP contribution in [0.2, 0.25) is 0 Å². The lowest BCUT2D eigenvalue weighted by atomic mass is 9.86. The number of nitrogens with zero attached hydrogens (tertiary/aromatic N) is 12.